The molecule has 2 saturated heterocycles. The number of anilines is 1. The predicted octanol–water partition coefficient (Wildman–Crippen LogP) is 2.77. The summed E-state index contributed by atoms with van der Waals surface area (Å²) in [5.74, 6) is -0.490. The molecule has 2 aliphatic heterocycles. The highest BCUT2D eigenvalue weighted by molar-refractivity contribution is 7.89. The lowest BCUT2D eigenvalue weighted by Crippen LogP contribution is -2.48. The van der Waals surface area contributed by atoms with Gasteiger partial charge in [-0.3, -0.25) is 4.79 Å². The van der Waals surface area contributed by atoms with Crippen molar-refractivity contribution >= 4 is 33.2 Å². The van der Waals surface area contributed by atoms with Gasteiger partial charge in [0.15, 0.2) is 0 Å². The number of piperazine rings is 1. The Hall–Kier alpha value is -2.20. The van der Waals surface area contributed by atoms with Crippen LogP contribution >= 0.6 is 11.6 Å². The first kappa shape index (κ1) is 23.9. The van der Waals surface area contributed by atoms with Crippen molar-refractivity contribution in [2.75, 3.05) is 64.3 Å². The average molecular weight is 495 g/mol. The molecule has 0 spiro atoms. The van der Waals surface area contributed by atoms with E-state index >= 15 is 0 Å². The third-order valence-corrected chi connectivity index (χ3v) is 8.61. The first-order valence-corrected chi connectivity index (χ1v) is 12.9. The topological polar surface area (TPSA) is 64.2 Å². The summed E-state index contributed by atoms with van der Waals surface area (Å²) >= 11 is 6.29. The lowest BCUT2D eigenvalue weighted by molar-refractivity contribution is 0.0762. The zero-order valence-electron chi connectivity index (χ0n) is 18.6. The number of carbonyl (C=O) groups excluding carboxylic acids is 1. The maximum atomic E-state index is 13.4. The Morgan fingerprint density at radius 1 is 0.909 bits per heavy atom. The molecule has 4 rings (SSSR count). The largest absolute Gasteiger partial charge is 0.369 e. The van der Waals surface area contributed by atoms with E-state index in [1.54, 1.807) is 23.1 Å². The first-order chi connectivity index (χ1) is 15.8. The minimum absolute atomic E-state index is 0.0443. The summed E-state index contributed by atoms with van der Waals surface area (Å²) in [5.41, 5.74) is 1.18. The average Bonchev–Trinajstić information content (AvgIpc) is 3.04. The molecule has 10 heteroatoms. The Kier molecular flexibility index (Phi) is 7.23. The lowest BCUT2D eigenvalue weighted by Gasteiger charge is -2.35. The summed E-state index contributed by atoms with van der Waals surface area (Å²) in [6.07, 6.45) is 0.874. The van der Waals surface area contributed by atoms with Crippen LogP contribution in [0.3, 0.4) is 0 Å². The molecule has 0 saturated carbocycles. The zero-order chi connectivity index (χ0) is 23.6. The van der Waals surface area contributed by atoms with Gasteiger partial charge in [-0.1, -0.05) is 11.6 Å². The SMILES string of the molecule is CN1CCCN(C(=O)c2ccc(Cl)c(S(=O)(=O)N3CCN(c4ccc(F)cc4)CC3)c2)CC1. The van der Waals surface area contributed by atoms with E-state index < -0.39 is 10.0 Å². The van der Waals surface area contributed by atoms with Crippen molar-refractivity contribution in [2.24, 2.45) is 0 Å². The van der Waals surface area contributed by atoms with E-state index in [4.69, 9.17) is 11.6 Å². The van der Waals surface area contributed by atoms with E-state index in [1.165, 1.54) is 28.6 Å². The number of likely N-dealkylation sites (N-methyl/N-ethyl adjacent to an activating group) is 1. The van der Waals surface area contributed by atoms with Crippen LogP contribution in [-0.2, 0) is 10.0 Å². The fourth-order valence-corrected chi connectivity index (χ4v) is 6.17. The quantitative estimate of drug-likeness (QED) is 0.654. The summed E-state index contributed by atoms with van der Waals surface area (Å²) in [6.45, 7) is 4.44. The van der Waals surface area contributed by atoms with E-state index in [0.29, 0.717) is 31.7 Å². The molecule has 178 valence electrons. The molecule has 0 radical (unpaired) electrons. The molecular weight excluding hydrogens is 467 g/mol. The molecule has 0 aliphatic carbocycles. The second-order valence-electron chi connectivity index (χ2n) is 8.46. The molecule has 2 aromatic rings. The number of benzene rings is 2. The Morgan fingerprint density at radius 2 is 1.61 bits per heavy atom. The van der Waals surface area contributed by atoms with Gasteiger partial charge >= 0.3 is 0 Å². The molecule has 33 heavy (non-hydrogen) atoms. The fraction of sp³-hybridized carbons (Fsp3) is 0.435. The van der Waals surface area contributed by atoms with Gasteiger partial charge in [-0.15, -0.1) is 0 Å². The highest BCUT2D eigenvalue weighted by Gasteiger charge is 2.31. The highest BCUT2D eigenvalue weighted by atomic mass is 35.5. The van der Waals surface area contributed by atoms with Crippen molar-refractivity contribution in [3.05, 3.63) is 58.9 Å². The van der Waals surface area contributed by atoms with E-state index in [9.17, 15) is 17.6 Å². The normalized spacial score (nSPS) is 18.9. The minimum atomic E-state index is -3.87. The number of sulfonamides is 1. The molecule has 7 nitrogen and oxygen atoms in total. The minimum Gasteiger partial charge on any atom is -0.369 e. The standard InChI is InChI=1S/C23H28ClFN4O3S/c1-26-9-2-10-28(12-11-26)23(30)18-3-8-21(24)22(17-18)33(31,32)29-15-13-27(14-16-29)20-6-4-19(25)5-7-20/h3-8,17H,2,9-16H2,1H3. The number of rotatable bonds is 4. The molecule has 2 heterocycles. The zero-order valence-corrected chi connectivity index (χ0v) is 20.2. The number of nitrogens with zero attached hydrogens (tertiary/aromatic N) is 4. The van der Waals surface area contributed by atoms with Crippen LogP contribution in [0.5, 0.6) is 0 Å². The molecule has 0 atom stereocenters. The second-order valence-corrected chi connectivity index (χ2v) is 10.8. The smallest absolute Gasteiger partial charge is 0.253 e. The van der Waals surface area contributed by atoms with Crippen molar-refractivity contribution in [1.82, 2.24) is 14.1 Å². The number of carbonyl (C=O) groups is 1. The molecule has 2 aromatic carbocycles. The lowest BCUT2D eigenvalue weighted by atomic mass is 10.2. The summed E-state index contributed by atoms with van der Waals surface area (Å²) in [4.78, 5) is 19.0. The predicted molar refractivity (Wildman–Crippen MR) is 127 cm³/mol. The van der Waals surface area contributed by atoms with Crippen LogP contribution in [0.25, 0.3) is 0 Å². The van der Waals surface area contributed by atoms with E-state index in [1.807, 2.05) is 11.9 Å². The van der Waals surface area contributed by atoms with Crippen LogP contribution in [0.2, 0.25) is 5.02 Å². The summed E-state index contributed by atoms with van der Waals surface area (Å²) in [5, 5.41) is 0.100. The molecular formula is C23H28ClFN4O3S. The molecule has 0 bridgehead atoms. The molecule has 0 N–H and O–H groups in total. The summed E-state index contributed by atoms with van der Waals surface area (Å²) < 4.78 is 41.4. The van der Waals surface area contributed by atoms with Gasteiger partial charge in [0.1, 0.15) is 10.7 Å². The van der Waals surface area contributed by atoms with Gasteiger partial charge in [-0.2, -0.15) is 4.31 Å². The first-order valence-electron chi connectivity index (χ1n) is 11.0. The number of amides is 1. The number of hydrogen-bond donors (Lipinski definition) is 0. The number of hydrogen-bond acceptors (Lipinski definition) is 5. The summed E-state index contributed by atoms with van der Waals surface area (Å²) in [6, 6.07) is 10.6. The fourth-order valence-electron chi connectivity index (χ4n) is 4.24. The molecule has 2 fully saturated rings. The number of halogens is 2. The van der Waals surface area contributed by atoms with Crippen LogP contribution in [0, 0.1) is 5.82 Å². The van der Waals surface area contributed by atoms with Crippen molar-refractivity contribution in [2.45, 2.75) is 11.3 Å². The van der Waals surface area contributed by atoms with Crippen LogP contribution in [0.15, 0.2) is 47.4 Å². The Bertz CT molecular complexity index is 1110. The molecule has 0 aromatic heterocycles. The van der Waals surface area contributed by atoms with Gasteiger partial charge in [0.25, 0.3) is 5.91 Å². The van der Waals surface area contributed by atoms with E-state index in [-0.39, 0.29) is 34.7 Å². The van der Waals surface area contributed by atoms with Crippen LogP contribution < -0.4 is 4.90 Å². The highest BCUT2D eigenvalue weighted by Crippen LogP contribution is 2.28. The van der Waals surface area contributed by atoms with Crippen molar-refractivity contribution in [3.63, 3.8) is 0 Å². The van der Waals surface area contributed by atoms with Crippen molar-refractivity contribution in [3.8, 4) is 0 Å². The van der Waals surface area contributed by atoms with Crippen LogP contribution in [0.4, 0.5) is 10.1 Å². The van der Waals surface area contributed by atoms with Gasteiger partial charge in [-0.25, -0.2) is 12.8 Å². The molecule has 2 aliphatic rings. The van der Waals surface area contributed by atoms with Crippen LogP contribution in [-0.4, -0.2) is 87.8 Å². The molecule has 0 unspecified atom stereocenters. The van der Waals surface area contributed by atoms with Crippen LogP contribution in [0.1, 0.15) is 16.8 Å². The Balaban J connectivity index is 1.49. The third-order valence-electron chi connectivity index (χ3n) is 6.23. The Morgan fingerprint density at radius 3 is 2.30 bits per heavy atom. The molecule has 1 amide bonds. The van der Waals surface area contributed by atoms with Gasteiger partial charge < -0.3 is 14.7 Å². The third kappa shape index (κ3) is 5.32. The van der Waals surface area contributed by atoms with E-state index in [2.05, 4.69) is 4.90 Å². The second kappa shape index (κ2) is 9.97. The van der Waals surface area contributed by atoms with Gasteiger partial charge in [0, 0.05) is 57.1 Å². The summed E-state index contributed by atoms with van der Waals surface area (Å²) in [7, 11) is -1.85. The van der Waals surface area contributed by atoms with Gasteiger partial charge in [0.2, 0.25) is 10.0 Å². The van der Waals surface area contributed by atoms with Crippen molar-refractivity contribution in [1.29, 1.82) is 0 Å². The monoisotopic (exact) mass is 494 g/mol. The Labute approximate surface area is 199 Å². The maximum Gasteiger partial charge on any atom is 0.253 e. The van der Waals surface area contributed by atoms with Gasteiger partial charge in [0.05, 0.1) is 5.02 Å². The van der Waals surface area contributed by atoms with E-state index in [0.717, 1.165) is 25.2 Å². The maximum absolute atomic E-state index is 13.4. The van der Waals surface area contributed by atoms with Crippen molar-refractivity contribution < 1.29 is 17.6 Å². The van der Waals surface area contributed by atoms with Gasteiger partial charge in [-0.05, 0) is 62.5 Å².